The fourth-order valence-electron chi connectivity index (χ4n) is 6.96. The molecule has 1 heterocycles. The first-order valence-electron chi connectivity index (χ1n) is 21.4. The summed E-state index contributed by atoms with van der Waals surface area (Å²) in [6, 6.07) is 17.2. The van der Waals surface area contributed by atoms with E-state index in [1.165, 1.54) is 198 Å². The standard InChI is InChI=1S/C25H46N.C21H38N.2ClH/c1-4-5-6-7-8-9-10-11-12-13-14-15-16-20-23-26(2,3)24-25-21-18-17-19-22-25;1-2-3-4-5-6-7-8-9-10-11-12-13-14-16-19-22-20-17-15-18-21-22;;/h17-19,21-22H,4-16,20,23-24H2,1-3H3;15,17-18,20-21H,2-14,16,19H2,1H3;2*1H/q2*+1;;/p-2. The van der Waals surface area contributed by atoms with Crippen LogP contribution in [0.15, 0.2) is 60.9 Å². The van der Waals surface area contributed by atoms with Crippen molar-refractivity contribution in [1.82, 2.24) is 0 Å². The maximum atomic E-state index is 2.37. The highest BCUT2D eigenvalue weighted by molar-refractivity contribution is 5.13. The number of halogens is 2. The van der Waals surface area contributed by atoms with Crippen LogP contribution in [0.1, 0.15) is 199 Å². The number of aryl methyl sites for hydroxylation is 1. The van der Waals surface area contributed by atoms with Gasteiger partial charge in [0, 0.05) is 24.1 Å². The normalized spacial score (nSPS) is 11.0. The molecule has 0 aliphatic rings. The van der Waals surface area contributed by atoms with Gasteiger partial charge < -0.3 is 29.3 Å². The fraction of sp³-hybridized carbons (Fsp3) is 0.761. The van der Waals surface area contributed by atoms with Gasteiger partial charge in [-0.05, 0) is 19.3 Å². The lowest BCUT2D eigenvalue weighted by atomic mass is 10.0. The van der Waals surface area contributed by atoms with Gasteiger partial charge in [-0.1, -0.05) is 204 Å². The lowest BCUT2D eigenvalue weighted by Crippen LogP contribution is -3.00. The van der Waals surface area contributed by atoms with Gasteiger partial charge in [-0.2, -0.15) is 0 Å². The van der Waals surface area contributed by atoms with Crippen LogP contribution in [-0.2, 0) is 13.1 Å². The number of aromatic nitrogens is 1. The van der Waals surface area contributed by atoms with Crippen LogP contribution in [-0.4, -0.2) is 25.1 Å². The minimum atomic E-state index is 0. The highest BCUT2D eigenvalue weighted by atomic mass is 35.5. The van der Waals surface area contributed by atoms with Crippen molar-refractivity contribution in [2.24, 2.45) is 0 Å². The van der Waals surface area contributed by atoms with Gasteiger partial charge in [0.2, 0.25) is 0 Å². The van der Waals surface area contributed by atoms with Crippen molar-refractivity contribution in [3.05, 3.63) is 66.5 Å². The van der Waals surface area contributed by atoms with E-state index in [1.807, 2.05) is 0 Å². The molecule has 2 rings (SSSR count). The molecular weight excluding hydrogens is 651 g/mol. The van der Waals surface area contributed by atoms with E-state index in [0.29, 0.717) is 0 Å². The quantitative estimate of drug-likeness (QED) is 0.0406. The molecule has 1 aromatic heterocycles. The molecule has 0 saturated carbocycles. The van der Waals surface area contributed by atoms with Gasteiger partial charge >= 0.3 is 0 Å². The van der Waals surface area contributed by atoms with Crippen molar-refractivity contribution in [2.75, 3.05) is 20.6 Å². The smallest absolute Gasteiger partial charge is 0.168 e. The van der Waals surface area contributed by atoms with Crippen molar-refractivity contribution < 1.29 is 33.9 Å². The minimum absolute atomic E-state index is 0. The number of rotatable bonds is 32. The molecule has 2 nitrogen and oxygen atoms in total. The van der Waals surface area contributed by atoms with Gasteiger partial charge in [-0.3, -0.25) is 0 Å². The number of unbranched alkanes of at least 4 members (excludes halogenated alkanes) is 26. The second kappa shape index (κ2) is 39.1. The Morgan fingerprint density at radius 3 is 1.10 bits per heavy atom. The summed E-state index contributed by atoms with van der Waals surface area (Å²) >= 11 is 0. The van der Waals surface area contributed by atoms with Gasteiger partial charge in [0.15, 0.2) is 12.4 Å². The molecule has 0 bridgehead atoms. The van der Waals surface area contributed by atoms with Gasteiger partial charge in [0.25, 0.3) is 0 Å². The van der Waals surface area contributed by atoms with Crippen molar-refractivity contribution in [1.29, 1.82) is 0 Å². The Morgan fingerprint density at radius 1 is 0.400 bits per heavy atom. The van der Waals surface area contributed by atoms with Crippen LogP contribution in [0.2, 0.25) is 0 Å². The largest absolute Gasteiger partial charge is 1.00 e. The van der Waals surface area contributed by atoms with E-state index in [2.05, 4.69) is 93.4 Å². The average Bonchev–Trinajstić information content (AvgIpc) is 3.09. The summed E-state index contributed by atoms with van der Waals surface area (Å²) in [6.45, 7) is 8.22. The summed E-state index contributed by atoms with van der Waals surface area (Å²) in [5.41, 5.74) is 1.46. The molecule has 292 valence electrons. The highest BCUT2D eigenvalue weighted by Crippen LogP contribution is 2.16. The number of hydrogen-bond acceptors (Lipinski definition) is 0. The Kier molecular flexibility index (Phi) is 39.9. The second-order valence-corrected chi connectivity index (χ2v) is 15.6. The number of pyridine rings is 1. The Balaban J connectivity index is 0. The van der Waals surface area contributed by atoms with Crippen LogP contribution in [0.25, 0.3) is 0 Å². The van der Waals surface area contributed by atoms with E-state index in [9.17, 15) is 0 Å². The highest BCUT2D eigenvalue weighted by Gasteiger charge is 2.14. The molecule has 0 spiro atoms. The SMILES string of the molecule is CCCCCCCCCCCCCCCC[N+](C)(C)Cc1ccccc1.CCCCCCCCCCCCCCCC[n+]1ccccc1.[Cl-].[Cl-]. The van der Waals surface area contributed by atoms with Crippen LogP contribution in [0.4, 0.5) is 0 Å². The summed E-state index contributed by atoms with van der Waals surface area (Å²) in [5.74, 6) is 0. The summed E-state index contributed by atoms with van der Waals surface area (Å²) in [4.78, 5) is 0. The van der Waals surface area contributed by atoms with Crippen LogP contribution in [0.3, 0.4) is 0 Å². The van der Waals surface area contributed by atoms with Gasteiger partial charge in [-0.25, -0.2) is 4.57 Å². The molecule has 0 amide bonds. The van der Waals surface area contributed by atoms with E-state index in [4.69, 9.17) is 0 Å². The zero-order valence-electron chi connectivity index (χ0n) is 33.8. The third-order valence-corrected chi connectivity index (χ3v) is 10.1. The molecule has 0 saturated heterocycles. The molecule has 4 heteroatoms. The number of quaternary nitrogens is 1. The van der Waals surface area contributed by atoms with Crippen molar-refractivity contribution >= 4 is 0 Å². The predicted octanol–water partition coefficient (Wildman–Crippen LogP) is 8.21. The van der Waals surface area contributed by atoms with E-state index >= 15 is 0 Å². The first-order chi connectivity index (χ1) is 23.6. The summed E-state index contributed by atoms with van der Waals surface area (Å²) < 4.78 is 3.41. The molecule has 50 heavy (non-hydrogen) atoms. The predicted molar refractivity (Wildman–Crippen MR) is 214 cm³/mol. The molecule has 0 fully saturated rings. The van der Waals surface area contributed by atoms with Crippen molar-refractivity contribution in [3.8, 4) is 0 Å². The second-order valence-electron chi connectivity index (χ2n) is 15.6. The van der Waals surface area contributed by atoms with E-state index < -0.39 is 0 Å². The Hall–Kier alpha value is -1.09. The van der Waals surface area contributed by atoms with E-state index in [1.54, 1.807) is 0 Å². The molecular formula is C46H84Cl2N2. The van der Waals surface area contributed by atoms with E-state index in [-0.39, 0.29) is 24.8 Å². The lowest BCUT2D eigenvalue weighted by molar-refractivity contribution is -0.903. The Bertz CT molecular complexity index is 890. The monoisotopic (exact) mass is 735 g/mol. The summed E-state index contributed by atoms with van der Waals surface area (Å²) in [7, 11) is 4.74. The lowest BCUT2D eigenvalue weighted by Gasteiger charge is -2.30. The fourth-order valence-corrected chi connectivity index (χ4v) is 6.96. The molecule has 0 aliphatic heterocycles. The summed E-state index contributed by atoms with van der Waals surface area (Å²) in [6.07, 6.45) is 44.6. The zero-order valence-corrected chi connectivity index (χ0v) is 35.4. The van der Waals surface area contributed by atoms with Crippen LogP contribution >= 0.6 is 0 Å². The van der Waals surface area contributed by atoms with Crippen LogP contribution in [0.5, 0.6) is 0 Å². The van der Waals surface area contributed by atoms with Gasteiger partial charge in [0.1, 0.15) is 13.1 Å². The average molecular weight is 736 g/mol. The molecule has 0 atom stereocenters. The van der Waals surface area contributed by atoms with Crippen molar-refractivity contribution in [2.45, 2.75) is 207 Å². The first kappa shape index (κ1) is 51.0. The van der Waals surface area contributed by atoms with Crippen LogP contribution in [0, 0.1) is 0 Å². The van der Waals surface area contributed by atoms with E-state index in [0.717, 1.165) is 11.0 Å². The minimum Gasteiger partial charge on any atom is -1.00 e. The van der Waals surface area contributed by atoms with Crippen molar-refractivity contribution in [3.63, 3.8) is 0 Å². The molecule has 0 N–H and O–H groups in total. The van der Waals surface area contributed by atoms with Gasteiger partial charge in [-0.15, -0.1) is 0 Å². The Morgan fingerprint density at radius 2 is 0.720 bits per heavy atom. The zero-order chi connectivity index (χ0) is 34.6. The Labute approximate surface area is 326 Å². The maximum absolute atomic E-state index is 2.37. The molecule has 0 unspecified atom stereocenters. The summed E-state index contributed by atoms with van der Waals surface area (Å²) in [5, 5.41) is 0. The third-order valence-electron chi connectivity index (χ3n) is 10.1. The molecule has 2 aromatic rings. The molecule has 0 aliphatic carbocycles. The van der Waals surface area contributed by atoms with Crippen LogP contribution < -0.4 is 29.4 Å². The molecule has 0 radical (unpaired) electrons. The first-order valence-corrected chi connectivity index (χ1v) is 21.4. The third kappa shape index (κ3) is 35.3. The molecule has 1 aromatic carbocycles. The van der Waals surface area contributed by atoms with Gasteiger partial charge in [0.05, 0.1) is 20.6 Å². The number of benzene rings is 1. The number of hydrogen-bond donors (Lipinski definition) is 0. The number of nitrogens with zero attached hydrogens (tertiary/aromatic N) is 2. The topological polar surface area (TPSA) is 3.88 Å². The maximum Gasteiger partial charge on any atom is 0.168 e.